The summed E-state index contributed by atoms with van der Waals surface area (Å²) in [6.07, 6.45) is 0. The summed E-state index contributed by atoms with van der Waals surface area (Å²) in [6.45, 7) is 0. The van der Waals surface area contributed by atoms with Gasteiger partial charge < -0.3 is 34.8 Å². The minimum absolute atomic E-state index is 0. The van der Waals surface area contributed by atoms with Crippen molar-refractivity contribution in [2.75, 3.05) is 0 Å². The van der Waals surface area contributed by atoms with Gasteiger partial charge in [-0.05, 0) is 0 Å². The predicted octanol–water partition coefficient (Wildman–Crippen LogP) is -5.43. The molecule has 0 aliphatic carbocycles. The first-order chi connectivity index (χ1) is 4.00. The molecule has 14 heteroatoms. The van der Waals surface area contributed by atoms with Crippen molar-refractivity contribution < 1.29 is 44.0 Å². The molecule has 0 bridgehead atoms. The quantitative estimate of drug-likeness (QED) is 0.186. The van der Waals surface area contributed by atoms with Crippen molar-refractivity contribution in [3.63, 3.8) is 0 Å². The zero-order chi connectivity index (χ0) is 9.00. The molecule has 0 saturated carbocycles. The first-order valence-electron chi connectivity index (χ1n) is 1.57. The Morgan fingerprint density at radius 3 is 0.571 bits per heavy atom. The van der Waals surface area contributed by atoms with Crippen LogP contribution in [-0.2, 0) is 9.13 Å². The second kappa shape index (κ2) is 17.0. The maximum atomic E-state index is 8.88. The number of hydrogen-bond acceptors (Lipinski definition) is 2. The van der Waals surface area contributed by atoms with E-state index in [1.54, 1.807) is 0 Å². The van der Waals surface area contributed by atoms with E-state index in [9.17, 15) is 0 Å². The fraction of sp³-hybridized carbons (Fsp3) is 0. The van der Waals surface area contributed by atoms with Crippen LogP contribution in [0.1, 0.15) is 0 Å². The Hall–Kier alpha value is 3.96. The van der Waals surface area contributed by atoms with Crippen LogP contribution >= 0.6 is 15.6 Å². The molecule has 0 saturated heterocycles. The van der Waals surface area contributed by atoms with Crippen LogP contribution in [-0.4, -0.2) is 148 Å². The molecule has 0 fully saturated rings. The second-order valence-electron chi connectivity index (χ2n) is 1.03. The molecular weight excluding hydrogens is 326 g/mol. The molecule has 8 N–H and O–H groups in total. The maximum absolute atomic E-state index is 8.88. The molecule has 0 aromatic carbocycles. The van der Waals surface area contributed by atoms with Crippen molar-refractivity contribution in [3.8, 4) is 0 Å². The van der Waals surface area contributed by atoms with E-state index in [0.29, 0.717) is 0 Å². The molecule has 0 spiro atoms. The summed E-state index contributed by atoms with van der Waals surface area (Å²) in [6, 6.07) is 0. The van der Waals surface area contributed by atoms with Gasteiger partial charge in [-0.2, -0.15) is 0 Å². The molecule has 0 aliphatic rings. The van der Waals surface area contributed by atoms with Crippen LogP contribution in [0, 0.1) is 0 Å². The monoisotopic (exact) mass is 340 g/mol. The van der Waals surface area contributed by atoms with Gasteiger partial charge in [0, 0.05) is 0 Å². The van der Waals surface area contributed by atoms with E-state index in [4.69, 9.17) is 38.5 Å². The molecule has 84 valence electrons. The third-order valence-corrected chi connectivity index (χ3v) is 0. The molecule has 0 atom stereocenters. The van der Waals surface area contributed by atoms with Crippen molar-refractivity contribution in [1.82, 2.24) is 0 Å². The zero-order valence-corrected chi connectivity index (χ0v) is 6.68. The summed E-state index contributed by atoms with van der Waals surface area (Å²) in [5.41, 5.74) is 0. The average molecular weight is 340 g/mol. The average Bonchev–Trinajstić information content (AvgIpc) is 1.12. The van der Waals surface area contributed by atoms with E-state index in [2.05, 4.69) is 0 Å². The summed E-state index contributed by atoms with van der Waals surface area (Å²) >= 11 is 0. The van der Waals surface area contributed by atoms with Gasteiger partial charge in [0.2, 0.25) is 0 Å². The van der Waals surface area contributed by atoms with E-state index in [-0.39, 0.29) is 119 Å². The third-order valence-electron chi connectivity index (χ3n) is 0. The number of rotatable bonds is 0. The first-order valence-corrected chi connectivity index (χ1v) is 4.70. The standard InChI is InChI=1S/3Ca.2H3O4P.H2O.6H/c;;;2*1-5(2,3)4;;;;;;;/h;;;2*(H3,1,2,3,4);1H2;;;;;;. The van der Waals surface area contributed by atoms with Gasteiger partial charge in [-0.1, -0.05) is 0 Å². The molecule has 0 rings (SSSR count). The van der Waals surface area contributed by atoms with Crippen molar-refractivity contribution in [1.29, 1.82) is 0 Å². The Labute approximate surface area is 169 Å². The van der Waals surface area contributed by atoms with Gasteiger partial charge in [0.1, 0.15) is 0 Å². The SMILES string of the molecule is O.O=P(O)(O)O.O=P(O)(O)O.[CaH2].[CaH2].[CaH2]. The molecule has 0 amide bonds. The topological polar surface area (TPSA) is 187 Å². The molecule has 0 aliphatic heterocycles. The molecule has 9 nitrogen and oxygen atoms in total. The minimum atomic E-state index is -4.64. The number of hydrogen-bond donors (Lipinski definition) is 6. The van der Waals surface area contributed by atoms with Gasteiger partial charge >= 0.3 is 129 Å². The molecule has 0 radical (unpaired) electrons. The van der Waals surface area contributed by atoms with Gasteiger partial charge in [-0.15, -0.1) is 0 Å². The van der Waals surface area contributed by atoms with E-state index < -0.39 is 15.6 Å². The molecular formula is H14Ca3O9P2. The Morgan fingerprint density at radius 2 is 0.571 bits per heavy atom. The van der Waals surface area contributed by atoms with E-state index >= 15 is 0 Å². The third kappa shape index (κ3) is 228. The van der Waals surface area contributed by atoms with Crippen molar-refractivity contribution in [3.05, 3.63) is 0 Å². The molecule has 0 aromatic rings. The fourth-order valence-corrected chi connectivity index (χ4v) is 0. The molecule has 0 unspecified atom stereocenters. The van der Waals surface area contributed by atoms with Crippen LogP contribution in [0.5, 0.6) is 0 Å². The fourth-order valence-electron chi connectivity index (χ4n) is 0. The summed E-state index contributed by atoms with van der Waals surface area (Å²) < 4.78 is 17.8. The van der Waals surface area contributed by atoms with E-state index in [1.807, 2.05) is 0 Å². The summed E-state index contributed by atoms with van der Waals surface area (Å²) in [5, 5.41) is 0. The van der Waals surface area contributed by atoms with Crippen molar-refractivity contribution in [2.45, 2.75) is 0 Å². The summed E-state index contributed by atoms with van der Waals surface area (Å²) in [7, 11) is -9.28. The molecule has 14 heavy (non-hydrogen) atoms. The van der Waals surface area contributed by atoms with Crippen LogP contribution < -0.4 is 0 Å². The Balaban J connectivity index is -0.0000000178. The normalized spacial score (nSPS) is 8.43. The van der Waals surface area contributed by atoms with Crippen LogP contribution in [0.2, 0.25) is 0 Å². The Kier molecular flexibility index (Phi) is 43.7. The van der Waals surface area contributed by atoms with Crippen LogP contribution in [0.3, 0.4) is 0 Å². The van der Waals surface area contributed by atoms with E-state index in [0.717, 1.165) is 0 Å². The van der Waals surface area contributed by atoms with Gasteiger partial charge in [-0.25, -0.2) is 9.13 Å². The predicted molar refractivity (Wildman–Crippen MR) is 57.8 cm³/mol. The summed E-state index contributed by atoms with van der Waals surface area (Å²) in [4.78, 5) is 43.1. The first kappa shape index (κ1) is 36.1. The van der Waals surface area contributed by atoms with E-state index in [1.165, 1.54) is 0 Å². The van der Waals surface area contributed by atoms with Crippen LogP contribution in [0.15, 0.2) is 0 Å². The van der Waals surface area contributed by atoms with Gasteiger partial charge in [0.05, 0.1) is 0 Å². The Morgan fingerprint density at radius 1 is 0.571 bits per heavy atom. The second-order valence-corrected chi connectivity index (χ2v) is 3.08. The van der Waals surface area contributed by atoms with Crippen LogP contribution in [0.25, 0.3) is 0 Å². The van der Waals surface area contributed by atoms with Crippen LogP contribution in [0.4, 0.5) is 0 Å². The Bertz CT molecular complexity index is 130. The molecule has 0 heterocycles. The van der Waals surface area contributed by atoms with Crippen molar-refractivity contribution in [2.24, 2.45) is 0 Å². The van der Waals surface area contributed by atoms with Gasteiger partial charge in [0.15, 0.2) is 0 Å². The van der Waals surface area contributed by atoms with Crippen molar-refractivity contribution >= 4 is 129 Å². The summed E-state index contributed by atoms with van der Waals surface area (Å²) in [5.74, 6) is 0. The van der Waals surface area contributed by atoms with Gasteiger partial charge in [0.25, 0.3) is 0 Å². The molecule has 0 aromatic heterocycles. The zero-order valence-electron chi connectivity index (χ0n) is 4.89. The number of phosphoric acid groups is 2. The van der Waals surface area contributed by atoms with Gasteiger partial charge in [-0.3, -0.25) is 0 Å².